The van der Waals surface area contributed by atoms with Crippen LogP contribution in [0.25, 0.3) is 11.1 Å². The highest BCUT2D eigenvalue weighted by atomic mass is 19.1. The summed E-state index contributed by atoms with van der Waals surface area (Å²) in [6.45, 7) is 3.63. The van der Waals surface area contributed by atoms with Crippen LogP contribution in [0.1, 0.15) is 67.9 Å². The molecule has 1 N–H and O–H groups in total. The van der Waals surface area contributed by atoms with Crippen LogP contribution in [0.15, 0.2) is 48.5 Å². The number of aromatic nitrogens is 1. The van der Waals surface area contributed by atoms with Gasteiger partial charge in [-0.3, -0.25) is 9.69 Å². The standard InChI is InChI=1S/C33H35F2N3O5/c1-19-31(23-14-24(34)17-25(35)15-23)43-33(41)38(19)18-28-26(9-11-30(36-28)37-12-3-13-37)27-16-22(8-10-29(27)39)20-4-6-21(7-5-20)32(40)42-2/h8-11,14-17,19-21,31,39H,3-7,12-13,18H2,1-2H3/t19-,20?,21?,31-/m0/s1. The number of methoxy groups -OCH3 is 1. The third-order valence-corrected chi connectivity index (χ3v) is 9.11. The third kappa shape index (κ3) is 5.75. The average molecular weight is 592 g/mol. The van der Waals surface area contributed by atoms with Crippen LogP contribution >= 0.6 is 0 Å². The lowest BCUT2D eigenvalue weighted by Crippen LogP contribution is -2.38. The molecular weight excluding hydrogens is 556 g/mol. The Balaban J connectivity index is 1.31. The Labute approximate surface area is 249 Å². The molecule has 3 fully saturated rings. The highest BCUT2D eigenvalue weighted by molar-refractivity contribution is 5.76. The van der Waals surface area contributed by atoms with Gasteiger partial charge in [0.15, 0.2) is 0 Å². The van der Waals surface area contributed by atoms with Crippen molar-refractivity contribution in [2.24, 2.45) is 5.92 Å². The lowest BCUT2D eigenvalue weighted by molar-refractivity contribution is -0.146. The molecule has 3 aromatic rings. The van der Waals surface area contributed by atoms with Crippen LogP contribution < -0.4 is 4.90 Å². The molecule has 2 aromatic carbocycles. The Morgan fingerprint density at radius 3 is 2.37 bits per heavy atom. The van der Waals surface area contributed by atoms with Gasteiger partial charge in [-0.25, -0.2) is 18.6 Å². The molecule has 3 aliphatic rings. The normalized spacial score (nSPS) is 23.6. The summed E-state index contributed by atoms with van der Waals surface area (Å²) in [7, 11) is 1.42. The Bertz CT molecular complexity index is 1520. The summed E-state index contributed by atoms with van der Waals surface area (Å²) in [4.78, 5) is 33.7. The zero-order valence-electron chi connectivity index (χ0n) is 24.3. The number of benzene rings is 2. The number of cyclic esters (lactones) is 1. The van der Waals surface area contributed by atoms with Crippen LogP contribution in [0.3, 0.4) is 0 Å². The van der Waals surface area contributed by atoms with E-state index < -0.39 is 29.9 Å². The van der Waals surface area contributed by atoms with E-state index >= 15 is 0 Å². The van der Waals surface area contributed by atoms with Crippen LogP contribution in [0.5, 0.6) is 5.75 Å². The van der Waals surface area contributed by atoms with Crippen molar-refractivity contribution in [2.45, 2.75) is 63.6 Å². The maximum Gasteiger partial charge on any atom is 0.411 e. The van der Waals surface area contributed by atoms with E-state index in [1.54, 1.807) is 13.0 Å². The molecule has 43 heavy (non-hydrogen) atoms. The van der Waals surface area contributed by atoms with Crippen molar-refractivity contribution in [3.05, 3.63) is 77.0 Å². The van der Waals surface area contributed by atoms with E-state index in [1.165, 1.54) is 24.1 Å². The number of amides is 1. The summed E-state index contributed by atoms with van der Waals surface area (Å²) in [5, 5.41) is 11.0. The molecule has 1 aromatic heterocycles. The highest BCUT2D eigenvalue weighted by Crippen LogP contribution is 2.42. The van der Waals surface area contributed by atoms with Crippen molar-refractivity contribution in [1.82, 2.24) is 9.88 Å². The second kappa shape index (κ2) is 11.8. The molecular formula is C33H35F2N3O5. The first-order chi connectivity index (χ1) is 20.7. The Kier molecular flexibility index (Phi) is 7.94. The first-order valence-electron chi connectivity index (χ1n) is 14.8. The molecule has 226 valence electrons. The number of rotatable bonds is 7. The van der Waals surface area contributed by atoms with E-state index in [-0.39, 0.29) is 35.7 Å². The molecule has 3 heterocycles. The molecule has 0 radical (unpaired) electrons. The zero-order valence-corrected chi connectivity index (χ0v) is 24.3. The second-order valence-corrected chi connectivity index (χ2v) is 11.7. The van der Waals surface area contributed by atoms with Gasteiger partial charge in [-0.15, -0.1) is 0 Å². The highest BCUT2D eigenvalue weighted by Gasteiger charge is 2.41. The first kappa shape index (κ1) is 28.9. The Hall–Kier alpha value is -4.21. The van der Waals surface area contributed by atoms with Gasteiger partial charge in [0.25, 0.3) is 0 Å². The number of hydrogen-bond donors (Lipinski definition) is 1. The second-order valence-electron chi connectivity index (χ2n) is 11.7. The summed E-state index contributed by atoms with van der Waals surface area (Å²) in [5.41, 5.74) is 3.19. The molecule has 1 aliphatic carbocycles. The fourth-order valence-electron chi connectivity index (χ4n) is 6.49. The topological polar surface area (TPSA) is 92.2 Å². The number of aromatic hydroxyl groups is 1. The van der Waals surface area contributed by atoms with Gasteiger partial charge in [0.2, 0.25) is 0 Å². The number of halogens is 2. The summed E-state index contributed by atoms with van der Waals surface area (Å²) < 4.78 is 38.5. The SMILES string of the molecule is COC(=O)C1CCC(c2ccc(O)c(-c3ccc(N4CCC4)nc3CN3C(=O)O[C@H](c4cc(F)cc(F)c4)[C@@H]3C)c2)CC1. The minimum atomic E-state index is -0.850. The van der Waals surface area contributed by atoms with Crippen molar-refractivity contribution in [1.29, 1.82) is 0 Å². The smallest absolute Gasteiger partial charge is 0.411 e. The van der Waals surface area contributed by atoms with E-state index in [2.05, 4.69) is 4.90 Å². The average Bonchev–Trinajstić information content (AvgIpc) is 3.24. The molecule has 2 saturated heterocycles. The predicted molar refractivity (Wildman–Crippen MR) is 155 cm³/mol. The molecule has 1 saturated carbocycles. The van der Waals surface area contributed by atoms with E-state index in [4.69, 9.17) is 14.5 Å². The van der Waals surface area contributed by atoms with Gasteiger partial charge in [-0.2, -0.15) is 0 Å². The molecule has 6 rings (SSSR count). The molecule has 1 amide bonds. The van der Waals surface area contributed by atoms with Crippen LogP contribution in [-0.2, 0) is 20.8 Å². The van der Waals surface area contributed by atoms with E-state index in [9.17, 15) is 23.5 Å². The van der Waals surface area contributed by atoms with Crippen LogP contribution in [0.4, 0.5) is 19.4 Å². The molecule has 0 bridgehead atoms. The van der Waals surface area contributed by atoms with Gasteiger partial charge in [0.05, 0.1) is 31.3 Å². The lowest BCUT2D eigenvalue weighted by atomic mass is 9.78. The van der Waals surface area contributed by atoms with Crippen LogP contribution in [0.2, 0.25) is 0 Å². The van der Waals surface area contributed by atoms with Gasteiger partial charge in [-0.05, 0) is 86.9 Å². The van der Waals surface area contributed by atoms with Crippen molar-refractivity contribution in [3.8, 4) is 16.9 Å². The van der Waals surface area contributed by atoms with Crippen molar-refractivity contribution < 1.29 is 33.0 Å². The fraction of sp³-hybridized carbons (Fsp3) is 0.424. The molecule has 8 nitrogen and oxygen atoms in total. The number of carbonyl (C=O) groups is 2. The minimum absolute atomic E-state index is 0.0826. The molecule has 2 atom stereocenters. The lowest BCUT2D eigenvalue weighted by Gasteiger charge is -2.33. The number of carbonyl (C=O) groups excluding carboxylic acids is 2. The molecule has 0 unspecified atom stereocenters. The molecule has 0 spiro atoms. The number of esters is 1. The summed E-state index contributed by atoms with van der Waals surface area (Å²) in [6.07, 6.45) is 2.78. The number of hydrogen-bond acceptors (Lipinski definition) is 7. The van der Waals surface area contributed by atoms with Crippen molar-refractivity contribution in [2.75, 3.05) is 25.1 Å². The number of nitrogens with zero attached hydrogens (tertiary/aromatic N) is 3. The number of phenolic OH excluding ortho intramolecular Hbond substituents is 1. The summed E-state index contributed by atoms with van der Waals surface area (Å²) in [5.74, 6) is -0.616. The monoisotopic (exact) mass is 591 g/mol. The third-order valence-electron chi connectivity index (χ3n) is 9.11. The van der Waals surface area contributed by atoms with Gasteiger partial charge in [0.1, 0.15) is 29.3 Å². The van der Waals surface area contributed by atoms with Gasteiger partial charge in [-0.1, -0.05) is 6.07 Å². The summed E-state index contributed by atoms with van der Waals surface area (Å²) in [6, 6.07) is 12.1. The maximum absolute atomic E-state index is 14.0. The first-order valence-corrected chi connectivity index (χ1v) is 14.8. The van der Waals surface area contributed by atoms with Crippen LogP contribution in [0, 0.1) is 17.6 Å². The van der Waals surface area contributed by atoms with Crippen molar-refractivity contribution >= 4 is 17.9 Å². The fourth-order valence-corrected chi connectivity index (χ4v) is 6.49. The van der Waals surface area contributed by atoms with Gasteiger partial charge < -0.3 is 19.5 Å². The number of ether oxygens (including phenoxy) is 2. The quantitative estimate of drug-likeness (QED) is 0.315. The molecule has 10 heteroatoms. The van der Waals surface area contributed by atoms with E-state index in [0.717, 1.165) is 62.6 Å². The maximum atomic E-state index is 14.0. The van der Waals surface area contributed by atoms with Crippen molar-refractivity contribution in [3.63, 3.8) is 0 Å². The Morgan fingerprint density at radius 2 is 1.72 bits per heavy atom. The van der Waals surface area contributed by atoms with Crippen LogP contribution in [-0.4, -0.2) is 53.3 Å². The number of anilines is 1. The summed E-state index contributed by atoms with van der Waals surface area (Å²) >= 11 is 0. The minimum Gasteiger partial charge on any atom is -0.507 e. The molecule has 2 aliphatic heterocycles. The van der Waals surface area contributed by atoms with E-state index in [0.29, 0.717) is 16.8 Å². The zero-order chi connectivity index (χ0) is 30.2. The predicted octanol–water partition coefficient (Wildman–Crippen LogP) is 6.47. The largest absolute Gasteiger partial charge is 0.507 e. The van der Waals surface area contributed by atoms with E-state index in [1.807, 2.05) is 24.3 Å². The number of pyridine rings is 1. The van der Waals surface area contributed by atoms with Gasteiger partial charge in [0, 0.05) is 35.8 Å². The Morgan fingerprint density at radius 1 is 1.00 bits per heavy atom. The number of phenols is 1. The van der Waals surface area contributed by atoms with Gasteiger partial charge >= 0.3 is 12.1 Å².